The predicted octanol–water partition coefficient (Wildman–Crippen LogP) is 1.97. The van der Waals surface area contributed by atoms with E-state index in [1.165, 1.54) is 0 Å². The Kier molecular flexibility index (Phi) is 2.68. The van der Waals surface area contributed by atoms with E-state index in [0.29, 0.717) is 18.8 Å². The second kappa shape index (κ2) is 3.75. The lowest BCUT2D eigenvalue weighted by Crippen LogP contribution is -2.61. The summed E-state index contributed by atoms with van der Waals surface area (Å²) in [5, 5.41) is 0. The second-order valence-corrected chi connectivity index (χ2v) is 5.74. The van der Waals surface area contributed by atoms with Gasteiger partial charge in [-0.25, -0.2) is 4.79 Å². The Bertz CT molecular complexity index is 319. The minimum absolute atomic E-state index is 0.107. The number of carbonyl (C=O) groups excluding carboxylic acids is 2. The number of rotatable bonds is 0. The van der Waals surface area contributed by atoms with Crippen molar-refractivity contribution in [3.05, 3.63) is 0 Å². The van der Waals surface area contributed by atoms with Crippen LogP contribution in [0.4, 0.5) is 4.79 Å². The maximum atomic E-state index is 11.8. The van der Waals surface area contributed by atoms with Gasteiger partial charge in [-0.05, 0) is 33.1 Å². The van der Waals surface area contributed by atoms with E-state index in [1.807, 2.05) is 20.8 Å². The van der Waals surface area contributed by atoms with Gasteiger partial charge in [0.1, 0.15) is 11.4 Å². The van der Waals surface area contributed by atoms with Gasteiger partial charge in [0.2, 0.25) is 0 Å². The topological polar surface area (TPSA) is 46.6 Å². The number of hydrogen-bond acceptors (Lipinski definition) is 3. The number of carbonyl (C=O) groups is 2. The van der Waals surface area contributed by atoms with Gasteiger partial charge >= 0.3 is 6.09 Å². The third-order valence-electron chi connectivity index (χ3n) is 3.23. The molecule has 1 saturated carbocycles. The summed E-state index contributed by atoms with van der Waals surface area (Å²) in [7, 11) is 0. The summed E-state index contributed by atoms with van der Waals surface area (Å²) in [5.41, 5.74) is -0.457. The van der Waals surface area contributed by atoms with Crippen LogP contribution in [0.3, 0.4) is 0 Å². The molecule has 0 radical (unpaired) electrons. The minimum atomic E-state index is -0.457. The normalized spacial score (nSPS) is 29.4. The number of amides is 1. The molecular weight excluding hydrogens is 206 g/mol. The fraction of sp³-hybridized carbons (Fsp3) is 0.833. The van der Waals surface area contributed by atoms with Crippen LogP contribution in [0.5, 0.6) is 0 Å². The Labute approximate surface area is 95.9 Å². The maximum absolute atomic E-state index is 11.8. The van der Waals surface area contributed by atoms with E-state index in [4.69, 9.17) is 4.74 Å². The molecule has 1 saturated heterocycles. The Morgan fingerprint density at radius 2 is 2.12 bits per heavy atom. The summed E-state index contributed by atoms with van der Waals surface area (Å²) in [4.78, 5) is 24.8. The van der Waals surface area contributed by atoms with Crippen LogP contribution in [-0.4, -0.2) is 35.0 Å². The van der Waals surface area contributed by atoms with Crippen molar-refractivity contribution in [2.75, 3.05) is 6.54 Å². The summed E-state index contributed by atoms with van der Waals surface area (Å²) in [6.07, 6.45) is 1.86. The summed E-state index contributed by atoms with van der Waals surface area (Å²) < 4.78 is 5.30. The van der Waals surface area contributed by atoms with Gasteiger partial charge in [0, 0.05) is 25.4 Å². The first-order chi connectivity index (χ1) is 7.37. The fourth-order valence-corrected chi connectivity index (χ4v) is 2.40. The summed E-state index contributed by atoms with van der Waals surface area (Å²) in [6.45, 7) is 6.32. The Morgan fingerprint density at radius 1 is 1.44 bits per heavy atom. The molecule has 0 bridgehead atoms. The van der Waals surface area contributed by atoms with Crippen molar-refractivity contribution in [2.24, 2.45) is 5.92 Å². The molecule has 2 rings (SSSR count). The Hall–Kier alpha value is -1.06. The highest BCUT2D eigenvalue weighted by Crippen LogP contribution is 2.36. The van der Waals surface area contributed by atoms with Crippen LogP contribution in [-0.2, 0) is 9.53 Å². The smallest absolute Gasteiger partial charge is 0.410 e. The van der Waals surface area contributed by atoms with Crippen LogP contribution < -0.4 is 0 Å². The molecule has 0 N–H and O–H groups in total. The summed E-state index contributed by atoms with van der Waals surface area (Å²) >= 11 is 0. The van der Waals surface area contributed by atoms with Crippen molar-refractivity contribution in [3.63, 3.8) is 0 Å². The molecular formula is C12H19NO3. The molecule has 1 aliphatic carbocycles. The molecule has 16 heavy (non-hydrogen) atoms. The highest BCUT2D eigenvalue weighted by Gasteiger charge is 2.46. The number of ether oxygens (including phenoxy) is 1. The van der Waals surface area contributed by atoms with Crippen molar-refractivity contribution < 1.29 is 14.3 Å². The average Bonchev–Trinajstić information content (AvgIpc) is 2.07. The molecule has 1 amide bonds. The van der Waals surface area contributed by atoms with Gasteiger partial charge in [0.25, 0.3) is 0 Å². The minimum Gasteiger partial charge on any atom is -0.444 e. The number of nitrogens with zero attached hydrogens (tertiary/aromatic N) is 1. The van der Waals surface area contributed by atoms with Crippen molar-refractivity contribution in [1.29, 1.82) is 0 Å². The number of fused-ring (bicyclic) bond motifs is 1. The number of hydrogen-bond donors (Lipinski definition) is 0. The number of likely N-dealkylation sites (tertiary alicyclic amines) is 1. The molecule has 1 heterocycles. The first-order valence-corrected chi connectivity index (χ1v) is 5.88. The summed E-state index contributed by atoms with van der Waals surface area (Å²) in [6, 6.07) is 0.107. The van der Waals surface area contributed by atoms with Gasteiger partial charge in [-0.2, -0.15) is 0 Å². The van der Waals surface area contributed by atoms with Crippen molar-refractivity contribution >= 4 is 11.9 Å². The van der Waals surface area contributed by atoms with Crippen LogP contribution in [0.15, 0.2) is 0 Å². The lowest BCUT2D eigenvalue weighted by molar-refractivity contribution is -0.127. The lowest BCUT2D eigenvalue weighted by Gasteiger charge is -2.49. The van der Waals surface area contributed by atoms with E-state index in [1.54, 1.807) is 4.90 Å². The molecule has 1 aliphatic heterocycles. The quantitative estimate of drug-likeness (QED) is 0.633. The molecule has 0 aromatic heterocycles. The average molecular weight is 225 g/mol. The predicted molar refractivity (Wildman–Crippen MR) is 59.1 cm³/mol. The van der Waals surface area contributed by atoms with Crippen LogP contribution in [0.2, 0.25) is 0 Å². The third-order valence-corrected chi connectivity index (χ3v) is 3.23. The van der Waals surface area contributed by atoms with E-state index in [9.17, 15) is 9.59 Å². The monoisotopic (exact) mass is 225 g/mol. The van der Waals surface area contributed by atoms with Gasteiger partial charge in [0.15, 0.2) is 0 Å². The first-order valence-electron chi connectivity index (χ1n) is 5.88. The van der Waals surface area contributed by atoms with Crippen LogP contribution >= 0.6 is 0 Å². The molecule has 2 atom stereocenters. The number of ketones is 1. The van der Waals surface area contributed by atoms with Gasteiger partial charge in [-0.15, -0.1) is 0 Å². The Balaban J connectivity index is 1.93. The van der Waals surface area contributed by atoms with Crippen molar-refractivity contribution in [2.45, 2.75) is 51.7 Å². The number of Topliss-reactive ketones (excluding diaryl/α,β-unsaturated/α-hetero) is 1. The zero-order valence-electron chi connectivity index (χ0n) is 10.2. The Morgan fingerprint density at radius 3 is 2.75 bits per heavy atom. The molecule has 2 fully saturated rings. The largest absolute Gasteiger partial charge is 0.444 e. The zero-order valence-corrected chi connectivity index (χ0v) is 10.2. The first kappa shape index (κ1) is 11.4. The standard InChI is InChI=1S/C12H19NO3/c1-12(2,3)16-11(15)13-7-8-4-5-9(14)6-10(8)13/h8,10H,4-7H2,1-3H3/t8-,10-/m1/s1. The highest BCUT2D eigenvalue weighted by atomic mass is 16.6. The van der Waals surface area contributed by atoms with Crippen LogP contribution in [0, 0.1) is 5.92 Å². The molecule has 0 aromatic carbocycles. The van der Waals surface area contributed by atoms with Gasteiger partial charge < -0.3 is 9.64 Å². The SMILES string of the molecule is CC(C)(C)OC(=O)N1C[C@H]2CCC(=O)C[C@H]21. The van der Waals surface area contributed by atoms with E-state index in [2.05, 4.69) is 0 Å². The van der Waals surface area contributed by atoms with Gasteiger partial charge in [0.05, 0.1) is 0 Å². The molecule has 90 valence electrons. The van der Waals surface area contributed by atoms with E-state index in [0.717, 1.165) is 13.0 Å². The van der Waals surface area contributed by atoms with E-state index >= 15 is 0 Å². The van der Waals surface area contributed by atoms with Crippen LogP contribution in [0.1, 0.15) is 40.0 Å². The molecule has 4 heteroatoms. The molecule has 2 aliphatic rings. The molecule has 4 nitrogen and oxygen atoms in total. The van der Waals surface area contributed by atoms with Crippen LogP contribution in [0.25, 0.3) is 0 Å². The van der Waals surface area contributed by atoms with Crippen molar-refractivity contribution in [1.82, 2.24) is 4.90 Å². The highest BCUT2D eigenvalue weighted by molar-refractivity contribution is 5.81. The molecule has 0 aromatic rings. The molecule has 0 unspecified atom stereocenters. The summed E-state index contributed by atoms with van der Waals surface area (Å²) in [5.74, 6) is 0.791. The second-order valence-electron chi connectivity index (χ2n) is 5.74. The third kappa shape index (κ3) is 2.20. The molecule has 0 spiro atoms. The maximum Gasteiger partial charge on any atom is 0.410 e. The van der Waals surface area contributed by atoms with Gasteiger partial charge in [-0.3, -0.25) is 4.79 Å². The lowest BCUT2D eigenvalue weighted by atomic mass is 9.76. The van der Waals surface area contributed by atoms with Crippen molar-refractivity contribution in [3.8, 4) is 0 Å². The van der Waals surface area contributed by atoms with Gasteiger partial charge in [-0.1, -0.05) is 0 Å². The zero-order chi connectivity index (χ0) is 11.9. The fourth-order valence-electron chi connectivity index (χ4n) is 2.40. The van der Waals surface area contributed by atoms with E-state index in [-0.39, 0.29) is 17.9 Å². The van der Waals surface area contributed by atoms with E-state index < -0.39 is 5.60 Å².